The lowest BCUT2D eigenvalue weighted by atomic mass is 9.73. The number of aliphatic hydroxyl groups excluding tert-OH is 1. The summed E-state index contributed by atoms with van der Waals surface area (Å²) in [5, 5.41) is 14.5. The summed E-state index contributed by atoms with van der Waals surface area (Å²) in [5.74, 6) is -4.03. The number of alkyl carbamates (subject to hydrolysis) is 1. The molecule has 0 spiro atoms. The quantitative estimate of drug-likeness (QED) is 0.311. The van der Waals surface area contributed by atoms with Crippen LogP contribution in [0.25, 0.3) is 11.1 Å². The Hall–Kier alpha value is -3.48. The summed E-state index contributed by atoms with van der Waals surface area (Å²) in [4.78, 5) is 43.8. The molecule has 1 unspecified atom stereocenters. The molecule has 61 heavy (non-hydrogen) atoms. The Morgan fingerprint density at radius 3 is 2.31 bits per heavy atom. The molecule has 0 radical (unpaired) electrons. The first-order valence-corrected chi connectivity index (χ1v) is 23.0. The van der Waals surface area contributed by atoms with Gasteiger partial charge in [0.2, 0.25) is 10.0 Å². The van der Waals surface area contributed by atoms with Crippen molar-refractivity contribution in [2.45, 2.75) is 146 Å². The van der Waals surface area contributed by atoms with E-state index in [-0.39, 0.29) is 48.9 Å². The van der Waals surface area contributed by atoms with Crippen LogP contribution in [-0.4, -0.2) is 130 Å². The van der Waals surface area contributed by atoms with Gasteiger partial charge in [0.1, 0.15) is 18.0 Å². The number of Topliss-reactive ketones (excluding diaryl/α,β-unsaturated/α-hetero) is 1. The molecule has 4 saturated heterocycles. The van der Waals surface area contributed by atoms with Gasteiger partial charge in [-0.3, -0.25) is 9.59 Å². The van der Waals surface area contributed by atoms with Crippen LogP contribution in [0.1, 0.15) is 74.7 Å². The van der Waals surface area contributed by atoms with E-state index in [9.17, 15) is 27.9 Å². The van der Waals surface area contributed by atoms with Crippen molar-refractivity contribution in [3.8, 4) is 11.1 Å². The Bertz CT molecular complexity index is 1990. The van der Waals surface area contributed by atoms with Crippen LogP contribution in [0.15, 0.2) is 59.5 Å². The molecule has 4 fully saturated rings. The Balaban J connectivity index is 1.43. The third kappa shape index (κ3) is 9.86. The van der Waals surface area contributed by atoms with Crippen molar-refractivity contribution in [2.75, 3.05) is 27.3 Å². The fourth-order valence-electron chi connectivity index (χ4n) is 9.96. The van der Waals surface area contributed by atoms with E-state index in [0.717, 1.165) is 11.1 Å². The number of cyclic esters (lactones) is 1. The lowest BCUT2D eigenvalue weighted by molar-refractivity contribution is -0.302. The summed E-state index contributed by atoms with van der Waals surface area (Å²) in [6.07, 6.45) is -5.24. The number of aliphatic hydroxyl groups is 1. The number of carbonyl (C=O) groups is 3. The molecule has 15 atom stereocenters. The predicted molar refractivity (Wildman–Crippen MR) is 226 cm³/mol. The monoisotopic (exact) mass is 871 g/mol. The van der Waals surface area contributed by atoms with E-state index in [4.69, 9.17) is 28.4 Å². The molecule has 4 aliphatic rings. The topological polar surface area (TPSA) is 188 Å². The first kappa shape index (κ1) is 47.0. The molecule has 4 aliphatic heterocycles. The van der Waals surface area contributed by atoms with Gasteiger partial charge in [0.05, 0.1) is 60.0 Å². The number of nitrogens with zero attached hydrogens (tertiary/aromatic N) is 1. The number of amides is 1. The second kappa shape index (κ2) is 18.7. The molecule has 0 aromatic heterocycles. The second-order valence-corrected chi connectivity index (χ2v) is 19.9. The number of likely N-dealkylation sites (N-methyl/N-ethyl adjacent to an activating group) is 1. The number of sulfonamides is 1. The predicted octanol–water partition coefficient (Wildman–Crippen LogP) is 4.69. The van der Waals surface area contributed by atoms with Gasteiger partial charge in [0.25, 0.3) is 0 Å². The first-order valence-electron chi connectivity index (χ1n) is 21.5. The zero-order valence-corrected chi connectivity index (χ0v) is 37.8. The lowest BCUT2D eigenvalue weighted by Crippen LogP contribution is -2.60. The standard InChI is InChI=1S/C45H65N3O12S/c1-11-35-45(8)39(46-43(52)60-45)27(4)36(49)25(2)22-44(7)40(59-42-37(50)34(48(9)10)20-26(3)57-42)28(5)38(29(6)41(51)58-35)55-23-32(24-56-44)47-61(53,54)33-19-15-18-31(21-33)30-16-13-12-14-17-30/h12-19,21,25-29,32,34-35,37-40,42,47,50H,11,20,22-24H2,1-10H3,(H,46,52)/t25-,26-,27+,28+,29-,32?,34+,35-,37-,38+,39-,40-,42+,44-,45-/m1/s1. The van der Waals surface area contributed by atoms with E-state index < -0.39 is 99.7 Å². The lowest BCUT2D eigenvalue weighted by Gasteiger charge is -2.48. The minimum absolute atomic E-state index is 0.0399. The second-order valence-electron chi connectivity index (χ2n) is 18.2. The number of nitrogens with one attached hydrogen (secondary N) is 2. The molecule has 4 heterocycles. The van der Waals surface area contributed by atoms with Gasteiger partial charge < -0.3 is 43.7 Å². The average Bonchev–Trinajstić information content (AvgIpc) is 3.55. The number of hydrogen-bond acceptors (Lipinski definition) is 13. The van der Waals surface area contributed by atoms with Crippen LogP contribution in [0.5, 0.6) is 0 Å². The third-order valence-electron chi connectivity index (χ3n) is 13.3. The smallest absolute Gasteiger partial charge is 0.408 e. The molecule has 3 N–H and O–H groups in total. The molecule has 16 heteroatoms. The molecule has 1 amide bonds. The van der Waals surface area contributed by atoms with E-state index in [1.54, 1.807) is 46.8 Å². The summed E-state index contributed by atoms with van der Waals surface area (Å²) in [6.45, 7) is 13.8. The minimum atomic E-state index is -4.17. The van der Waals surface area contributed by atoms with Crippen molar-refractivity contribution in [3.05, 3.63) is 54.6 Å². The largest absolute Gasteiger partial charge is 0.458 e. The van der Waals surface area contributed by atoms with Crippen LogP contribution in [-0.2, 0) is 48.0 Å². The Morgan fingerprint density at radius 1 is 0.951 bits per heavy atom. The molecule has 15 nitrogen and oxygen atoms in total. The van der Waals surface area contributed by atoms with Gasteiger partial charge in [-0.1, -0.05) is 70.2 Å². The molecule has 2 aromatic carbocycles. The van der Waals surface area contributed by atoms with Crippen LogP contribution in [0.4, 0.5) is 4.79 Å². The average molecular weight is 872 g/mol. The van der Waals surface area contributed by atoms with Gasteiger partial charge in [-0.05, 0) is 84.3 Å². The van der Waals surface area contributed by atoms with E-state index in [2.05, 4.69) is 10.0 Å². The highest BCUT2D eigenvalue weighted by Crippen LogP contribution is 2.42. The summed E-state index contributed by atoms with van der Waals surface area (Å²) >= 11 is 0. The third-order valence-corrected chi connectivity index (χ3v) is 14.8. The number of hydrogen-bond donors (Lipinski definition) is 3. The highest BCUT2D eigenvalue weighted by atomic mass is 32.2. The number of benzene rings is 2. The molecule has 338 valence electrons. The Kier molecular flexibility index (Phi) is 14.4. The number of esters is 1. The molecule has 2 aromatic rings. The van der Waals surface area contributed by atoms with Gasteiger partial charge in [0.15, 0.2) is 11.9 Å². The van der Waals surface area contributed by atoms with E-state index in [1.807, 2.05) is 76.2 Å². The van der Waals surface area contributed by atoms with Crippen LogP contribution in [0.2, 0.25) is 0 Å². The Morgan fingerprint density at radius 2 is 1.64 bits per heavy atom. The van der Waals surface area contributed by atoms with Gasteiger partial charge >= 0.3 is 12.1 Å². The number of rotatable bonds is 8. The molecular weight excluding hydrogens is 807 g/mol. The summed E-state index contributed by atoms with van der Waals surface area (Å²) in [6, 6.07) is 14.0. The zero-order valence-electron chi connectivity index (χ0n) is 37.0. The van der Waals surface area contributed by atoms with E-state index >= 15 is 0 Å². The molecule has 6 rings (SSSR count). The molecule has 0 saturated carbocycles. The fourth-order valence-corrected chi connectivity index (χ4v) is 11.2. The van der Waals surface area contributed by atoms with Gasteiger partial charge in [0, 0.05) is 23.8 Å². The van der Waals surface area contributed by atoms with Crippen LogP contribution in [0.3, 0.4) is 0 Å². The van der Waals surface area contributed by atoms with Crippen molar-refractivity contribution in [1.29, 1.82) is 0 Å². The highest BCUT2D eigenvalue weighted by Gasteiger charge is 2.58. The summed E-state index contributed by atoms with van der Waals surface area (Å²) in [7, 11) is -0.421. The fraction of sp³-hybridized carbons (Fsp3) is 0.667. The van der Waals surface area contributed by atoms with E-state index in [1.165, 1.54) is 6.07 Å². The van der Waals surface area contributed by atoms with Crippen molar-refractivity contribution in [3.63, 3.8) is 0 Å². The first-order chi connectivity index (χ1) is 28.7. The van der Waals surface area contributed by atoms with Crippen LogP contribution in [0, 0.1) is 23.7 Å². The van der Waals surface area contributed by atoms with Crippen molar-refractivity contribution in [2.24, 2.45) is 23.7 Å². The number of carbonyl (C=O) groups excluding carboxylic acids is 3. The maximum atomic E-state index is 14.6. The molecule has 2 bridgehead atoms. The van der Waals surface area contributed by atoms with Crippen molar-refractivity contribution in [1.82, 2.24) is 14.9 Å². The van der Waals surface area contributed by atoms with E-state index in [0.29, 0.717) is 6.42 Å². The number of ketones is 1. The summed E-state index contributed by atoms with van der Waals surface area (Å²) < 4.78 is 70.0. The number of ether oxygens (including phenoxy) is 6. The zero-order chi connectivity index (χ0) is 44.6. The van der Waals surface area contributed by atoms with Crippen LogP contribution >= 0.6 is 0 Å². The summed E-state index contributed by atoms with van der Waals surface area (Å²) in [5.41, 5.74) is -1.19. The minimum Gasteiger partial charge on any atom is -0.458 e. The van der Waals surface area contributed by atoms with Gasteiger partial charge in [-0.25, -0.2) is 17.9 Å². The molecule has 0 aliphatic carbocycles. The van der Waals surface area contributed by atoms with Gasteiger partial charge in [-0.15, -0.1) is 0 Å². The van der Waals surface area contributed by atoms with Gasteiger partial charge in [-0.2, -0.15) is 0 Å². The van der Waals surface area contributed by atoms with Crippen molar-refractivity contribution < 1.29 is 56.3 Å². The van der Waals surface area contributed by atoms with Crippen LogP contribution < -0.4 is 10.0 Å². The Labute approximate surface area is 360 Å². The van der Waals surface area contributed by atoms with Crippen molar-refractivity contribution >= 4 is 27.9 Å². The molecular formula is C45H65N3O12S. The maximum Gasteiger partial charge on any atom is 0.408 e. The maximum absolute atomic E-state index is 14.6. The highest BCUT2D eigenvalue weighted by molar-refractivity contribution is 7.89. The normalized spacial score (nSPS) is 39.2. The SMILES string of the molecule is CC[C@H]1OC(=O)[C@H](C)[C@H]2OCC(NS(=O)(=O)c3cccc(-c4ccccc4)c3)CO[C@](C)(C[C@@H](C)C(=O)[C@H](C)[C@H]3NC(=O)O[C@@]31C)[C@H](O[C@@H]1O[C@H](C)C[C@H](N(C)C)[C@H]1O)[C@H]2C. The number of fused-ring (bicyclic) bond motifs is 4.